The van der Waals surface area contributed by atoms with Gasteiger partial charge >= 0.3 is 5.97 Å². The van der Waals surface area contributed by atoms with Gasteiger partial charge in [-0.3, -0.25) is 9.59 Å². The van der Waals surface area contributed by atoms with Gasteiger partial charge in [0.1, 0.15) is 17.4 Å². The van der Waals surface area contributed by atoms with Crippen molar-refractivity contribution in [2.24, 2.45) is 0 Å². The number of anilines is 2. The number of carbonyl (C=O) groups excluding carboxylic acids is 3. The van der Waals surface area contributed by atoms with Gasteiger partial charge in [0.05, 0.1) is 17.1 Å². The van der Waals surface area contributed by atoms with Crippen molar-refractivity contribution < 1.29 is 23.9 Å². The summed E-state index contributed by atoms with van der Waals surface area (Å²) in [5.74, 6) is -1.25. The summed E-state index contributed by atoms with van der Waals surface area (Å²) in [6, 6.07) is 16.9. The number of hydrogen-bond donors (Lipinski definition) is 2. The van der Waals surface area contributed by atoms with Gasteiger partial charge in [-0.2, -0.15) is 5.26 Å². The Morgan fingerprint density at radius 3 is 2.26 bits per heavy atom. The Balaban J connectivity index is 1.78. The Labute approximate surface area is 236 Å². The van der Waals surface area contributed by atoms with Gasteiger partial charge in [0, 0.05) is 21.4 Å². The predicted octanol–water partition coefficient (Wildman–Crippen LogP) is 6.18. The second-order valence-corrected chi connectivity index (χ2v) is 9.90. The monoisotopic (exact) mass is 639 g/mol. The van der Waals surface area contributed by atoms with Crippen molar-refractivity contribution in [3.63, 3.8) is 0 Å². The molecule has 38 heavy (non-hydrogen) atoms. The van der Waals surface area contributed by atoms with Crippen LogP contribution < -0.4 is 15.4 Å². The van der Waals surface area contributed by atoms with Crippen molar-refractivity contribution in [3.05, 3.63) is 91.4 Å². The molecule has 0 aliphatic rings. The molecule has 0 radical (unpaired) electrons. The van der Waals surface area contributed by atoms with Crippen LogP contribution in [-0.4, -0.2) is 31.5 Å². The molecule has 0 aliphatic carbocycles. The maximum atomic E-state index is 12.8. The molecule has 0 spiro atoms. The molecule has 2 amide bonds. The summed E-state index contributed by atoms with van der Waals surface area (Å²) in [4.78, 5) is 36.9. The van der Waals surface area contributed by atoms with Crippen LogP contribution in [-0.2, 0) is 14.3 Å². The topological polar surface area (TPSA) is 118 Å². The van der Waals surface area contributed by atoms with E-state index >= 15 is 0 Å². The molecule has 0 bridgehead atoms. The van der Waals surface area contributed by atoms with Gasteiger partial charge in [-0.05, 0) is 95.5 Å². The molecular weight excluding hydrogens is 618 g/mol. The first-order valence-corrected chi connectivity index (χ1v) is 12.8. The first-order chi connectivity index (χ1) is 18.1. The lowest BCUT2D eigenvalue weighted by atomic mass is 10.1. The van der Waals surface area contributed by atoms with Crippen molar-refractivity contribution in [2.75, 3.05) is 24.4 Å². The molecule has 0 aliphatic heterocycles. The van der Waals surface area contributed by atoms with Gasteiger partial charge in [0.25, 0.3) is 11.8 Å². The van der Waals surface area contributed by atoms with Crippen LogP contribution >= 0.6 is 31.9 Å². The summed E-state index contributed by atoms with van der Waals surface area (Å²) in [5.41, 5.74) is 3.73. The van der Waals surface area contributed by atoms with Crippen molar-refractivity contribution in [3.8, 4) is 11.8 Å². The third-order valence-corrected chi connectivity index (χ3v) is 6.45. The first kappa shape index (κ1) is 28.6. The largest absolute Gasteiger partial charge is 0.482 e. The van der Waals surface area contributed by atoms with Crippen molar-refractivity contribution in [2.45, 2.75) is 13.8 Å². The number of benzene rings is 3. The Bertz CT molecular complexity index is 1460. The molecule has 10 heteroatoms. The molecule has 0 saturated carbocycles. The highest BCUT2D eigenvalue weighted by molar-refractivity contribution is 9.11. The van der Waals surface area contributed by atoms with E-state index in [4.69, 9.17) is 4.74 Å². The SMILES string of the molecule is COC(=O)c1ccc(NC(=O)/C(C#N)=C\c2cc(Br)cc(Br)c2OCC(=O)Nc2ccc(C)c(C)c2)cc1. The average Bonchev–Trinajstić information content (AvgIpc) is 2.88. The number of esters is 1. The number of amides is 2. The van der Waals surface area contributed by atoms with Gasteiger partial charge in [-0.15, -0.1) is 0 Å². The number of nitrogens with zero attached hydrogens (tertiary/aromatic N) is 1. The van der Waals surface area contributed by atoms with Gasteiger partial charge in [-0.25, -0.2) is 4.79 Å². The minimum atomic E-state index is -0.659. The number of rotatable bonds is 8. The molecule has 0 aromatic heterocycles. The lowest BCUT2D eigenvalue weighted by Crippen LogP contribution is -2.20. The standard InChI is InChI=1S/C28H23Br2N3O5/c1-16-4-7-23(10-17(16)2)32-25(34)15-38-26-19(12-21(29)13-24(26)30)11-20(14-31)27(35)33-22-8-5-18(6-9-22)28(36)37-3/h4-13H,15H2,1-3H3,(H,32,34)(H,33,35)/b20-11-. The predicted molar refractivity (Wildman–Crippen MR) is 152 cm³/mol. The quantitative estimate of drug-likeness (QED) is 0.173. The van der Waals surface area contributed by atoms with E-state index in [2.05, 4.69) is 47.2 Å². The summed E-state index contributed by atoms with van der Waals surface area (Å²) in [6.07, 6.45) is 1.37. The van der Waals surface area contributed by atoms with E-state index in [1.807, 2.05) is 38.1 Å². The van der Waals surface area contributed by atoms with Crippen LogP contribution in [0.15, 0.2) is 69.1 Å². The summed E-state index contributed by atoms with van der Waals surface area (Å²) in [5, 5.41) is 15.1. The van der Waals surface area contributed by atoms with Gasteiger partial charge in [-0.1, -0.05) is 22.0 Å². The molecule has 0 fully saturated rings. The second kappa shape index (κ2) is 13.0. The van der Waals surface area contributed by atoms with Crippen LogP contribution in [0, 0.1) is 25.2 Å². The number of hydrogen-bond acceptors (Lipinski definition) is 6. The number of ether oxygens (including phenoxy) is 2. The van der Waals surface area contributed by atoms with Crippen LogP contribution in [0.4, 0.5) is 11.4 Å². The number of methoxy groups -OCH3 is 1. The summed E-state index contributed by atoms with van der Waals surface area (Å²) in [6.45, 7) is 3.65. The fourth-order valence-electron chi connectivity index (χ4n) is 3.30. The number of nitrogens with one attached hydrogen (secondary N) is 2. The zero-order valence-corrected chi connectivity index (χ0v) is 23.9. The molecule has 194 valence electrons. The van der Waals surface area contributed by atoms with E-state index < -0.39 is 11.9 Å². The van der Waals surface area contributed by atoms with Gasteiger partial charge in [0.2, 0.25) is 0 Å². The van der Waals surface area contributed by atoms with Crippen LogP contribution in [0.3, 0.4) is 0 Å². The third kappa shape index (κ3) is 7.54. The van der Waals surface area contributed by atoms with Gasteiger partial charge < -0.3 is 20.1 Å². The molecule has 2 N–H and O–H groups in total. The van der Waals surface area contributed by atoms with E-state index in [0.717, 1.165) is 11.1 Å². The van der Waals surface area contributed by atoms with Crippen LogP contribution in [0.2, 0.25) is 0 Å². The van der Waals surface area contributed by atoms with Crippen LogP contribution in [0.25, 0.3) is 6.08 Å². The lowest BCUT2D eigenvalue weighted by Gasteiger charge is -2.13. The highest BCUT2D eigenvalue weighted by atomic mass is 79.9. The lowest BCUT2D eigenvalue weighted by molar-refractivity contribution is -0.118. The zero-order chi connectivity index (χ0) is 27.8. The maximum absolute atomic E-state index is 12.8. The molecule has 3 aromatic carbocycles. The molecule has 0 saturated heterocycles. The van der Waals surface area contributed by atoms with Crippen LogP contribution in [0.5, 0.6) is 5.75 Å². The Kier molecular flexibility index (Phi) is 9.82. The van der Waals surface area contributed by atoms with E-state index in [1.54, 1.807) is 12.1 Å². The molecular formula is C28H23Br2N3O5. The normalized spacial score (nSPS) is 10.8. The van der Waals surface area contributed by atoms with E-state index in [0.29, 0.717) is 31.4 Å². The van der Waals surface area contributed by atoms with Crippen molar-refractivity contribution in [1.29, 1.82) is 5.26 Å². The Morgan fingerprint density at radius 2 is 1.63 bits per heavy atom. The zero-order valence-electron chi connectivity index (χ0n) is 20.7. The molecule has 3 aromatic rings. The van der Waals surface area contributed by atoms with Gasteiger partial charge in [0.15, 0.2) is 6.61 Å². The minimum Gasteiger partial charge on any atom is -0.482 e. The Hall–Kier alpha value is -3.94. The van der Waals surface area contributed by atoms with E-state index in [1.165, 1.54) is 37.5 Å². The number of nitriles is 1. The molecule has 3 rings (SSSR count). The fraction of sp³-hybridized carbons (Fsp3) is 0.143. The number of carbonyl (C=O) groups is 3. The van der Waals surface area contributed by atoms with Crippen molar-refractivity contribution >= 4 is 67.1 Å². The van der Waals surface area contributed by atoms with E-state index in [9.17, 15) is 19.6 Å². The highest BCUT2D eigenvalue weighted by Crippen LogP contribution is 2.34. The fourth-order valence-corrected chi connectivity index (χ4v) is 4.68. The molecule has 0 heterocycles. The van der Waals surface area contributed by atoms with Crippen LogP contribution in [0.1, 0.15) is 27.0 Å². The Morgan fingerprint density at radius 1 is 0.947 bits per heavy atom. The third-order valence-electron chi connectivity index (χ3n) is 5.40. The number of aryl methyl sites for hydroxylation is 2. The summed E-state index contributed by atoms with van der Waals surface area (Å²) >= 11 is 6.82. The molecule has 8 nitrogen and oxygen atoms in total. The molecule has 0 unspecified atom stereocenters. The average molecular weight is 641 g/mol. The molecule has 0 atom stereocenters. The minimum absolute atomic E-state index is 0.198. The summed E-state index contributed by atoms with van der Waals surface area (Å²) < 4.78 is 11.6. The highest BCUT2D eigenvalue weighted by Gasteiger charge is 2.16. The number of halogens is 2. The second-order valence-electron chi connectivity index (χ2n) is 8.13. The smallest absolute Gasteiger partial charge is 0.337 e. The van der Waals surface area contributed by atoms with E-state index in [-0.39, 0.29) is 23.8 Å². The van der Waals surface area contributed by atoms with Crippen molar-refractivity contribution in [1.82, 2.24) is 0 Å². The summed E-state index contributed by atoms with van der Waals surface area (Å²) in [7, 11) is 1.28. The maximum Gasteiger partial charge on any atom is 0.337 e. The first-order valence-electron chi connectivity index (χ1n) is 11.2.